The Bertz CT molecular complexity index is 576. The Kier molecular flexibility index (Phi) is 5.91. The molecule has 1 N–H and O–H groups in total. The minimum absolute atomic E-state index is 0.0514. The van der Waals surface area contributed by atoms with E-state index in [1.165, 1.54) is 6.07 Å². The third kappa shape index (κ3) is 3.90. The average Bonchev–Trinajstić information content (AvgIpc) is 2.52. The highest BCUT2D eigenvalue weighted by Crippen LogP contribution is 2.27. The summed E-state index contributed by atoms with van der Waals surface area (Å²) in [6.07, 6.45) is 0.578. The van der Waals surface area contributed by atoms with Gasteiger partial charge in [-0.2, -0.15) is 0 Å². The van der Waals surface area contributed by atoms with Crippen molar-refractivity contribution in [3.63, 3.8) is 0 Å². The predicted octanol–water partition coefficient (Wildman–Crippen LogP) is 4.11. The number of benzene rings is 2. The summed E-state index contributed by atoms with van der Waals surface area (Å²) in [5.74, 6) is -0.240. The van der Waals surface area contributed by atoms with Crippen LogP contribution in [0.25, 0.3) is 0 Å². The van der Waals surface area contributed by atoms with Gasteiger partial charge < -0.3 is 10.1 Å². The number of methoxy groups -OCH3 is 1. The van der Waals surface area contributed by atoms with E-state index in [0.29, 0.717) is 10.9 Å². The van der Waals surface area contributed by atoms with Crippen molar-refractivity contribution in [1.82, 2.24) is 5.32 Å². The Balaban J connectivity index is 2.24. The first-order chi connectivity index (χ1) is 10.2. The van der Waals surface area contributed by atoms with Gasteiger partial charge in [-0.3, -0.25) is 0 Å². The quantitative estimate of drug-likeness (QED) is 0.845. The molecule has 0 amide bonds. The van der Waals surface area contributed by atoms with E-state index in [9.17, 15) is 4.39 Å². The van der Waals surface area contributed by atoms with Crippen LogP contribution in [0, 0.1) is 5.82 Å². The van der Waals surface area contributed by atoms with Crippen LogP contribution in [0.3, 0.4) is 0 Å². The van der Waals surface area contributed by atoms with Crippen LogP contribution in [-0.2, 0) is 11.2 Å². The number of hydrogen-bond donors (Lipinski definition) is 1. The maximum Gasteiger partial charge on any atom is 0.137 e. The lowest BCUT2D eigenvalue weighted by molar-refractivity contribution is 0.0703. The molecule has 0 spiro atoms. The molecule has 0 aliphatic heterocycles. The Morgan fingerprint density at radius 1 is 1.14 bits per heavy atom. The Labute approximate surface area is 133 Å². The lowest BCUT2D eigenvalue weighted by Gasteiger charge is -2.26. The van der Waals surface area contributed by atoms with Gasteiger partial charge in [0.25, 0.3) is 0 Å². The lowest BCUT2D eigenvalue weighted by atomic mass is 9.96. The molecule has 0 bridgehead atoms. The average molecular weight is 352 g/mol. The van der Waals surface area contributed by atoms with Crippen LogP contribution in [0.2, 0.25) is 0 Å². The molecule has 2 aromatic carbocycles. The maximum absolute atomic E-state index is 13.6. The monoisotopic (exact) mass is 351 g/mol. The highest BCUT2D eigenvalue weighted by Gasteiger charge is 2.23. The first kappa shape index (κ1) is 16.1. The molecule has 0 saturated carbocycles. The Hall–Kier alpha value is -1.23. The van der Waals surface area contributed by atoms with Crippen LogP contribution >= 0.6 is 15.9 Å². The summed E-state index contributed by atoms with van der Waals surface area (Å²) < 4.78 is 19.8. The highest BCUT2D eigenvalue weighted by atomic mass is 79.9. The smallest absolute Gasteiger partial charge is 0.137 e. The van der Waals surface area contributed by atoms with Crippen molar-refractivity contribution in [2.45, 2.75) is 18.6 Å². The molecule has 0 aliphatic carbocycles. The van der Waals surface area contributed by atoms with Crippen molar-refractivity contribution < 1.29 is 9.13 Å². The summed E-state index contributed by atoms with van der Waals surface area (Å²) in [5.41, 5.74) is 2.03. The summed E-state index contributed by atoms with van der Waals surface area (Å²) >= 11 is 3.32. The van der Waals surface area contributed by atoms with E-state index in [-0.39, 0.29) is 18.0 Å². The molecule has 2 rings (SSSR count). The number of hydrogen-bond acceptors (Lipinski definition) is 2. The van der Waals surface area contributed by atoms with E-state index in [2.05, 4.69) is 21.2 Å². The topological polar surface area (TPSA) is 21.3 Å². The summed E-state index contributed by atoms with van der Waals surface area (Å²) in [7, 11) is 3.59. The van der Waals surface area contributed by atoms with Gasteiger partial charge in [-0.05, 0) is 46.6 Å². The molecule has 2 atom stereocenters. The molecule has 0 aromatic heterocycles. The van der Waals surface area contributed by atoms with E-state index >= 15 is 0 Å². The van der Waals surface area contributed by atoms with E-state index in [0.717, 1.165) is 11.1 Å². The molecule has 2 unspecified atom stereocenters. The van der Waals surface area contributed by atoms with Crippen molar-refractivity contribution in [1.29, 1.82) is 0 Å². The summed E-state index contributed by atoms with van der Waals surface area (Å²) in [6, 6.07) is 15.2. The minimum atomic E-state index is -0.240. The molecule has 2 nitrogen and oxygen atoms in total. The van der Waals surface area contributed by atoms with E-state index in [4.69, 9.17) is 4.74 Å². The second-order valence-electron chi connectivity index (χ2n) is 4.88. The molecular weight excluding hydrogens is 333 g/mol. The highest BCUT2D eigenvalue weighted by molar-refractivity contribution is 9.10. The number of rotatable bonds is 6. The zero-order valence-electron chi connectivity index (χ0n) is 12.1. The van der Waals surface area contributed by atoms with Gasteiger partial charge in [0.15, 0.2) is 0 Å². The normalized spacial score (nSPS) is 13.9. The zero-order valence-corrected chi connectivity index (χ0v) is 13.7. The number of ether oxygens (including phenoxy) is 1. The van der Waals surface area contributed by atoms with Crippen LogP contribution in [0.4, 0.5) is 4.39 Å². The summed E-state index contributed by atoms with van der Waals surface area (Å²) in [5, 5.41) is 3.28. The standard InChI is InChI=1S/C17H19BrFNO/c1-20-15(11-13-9-6-10-14(19)16(13)18)17(21-2)12-7-4-3-5-8-12/h3-10,15,17,20H,11H2,1-2H3. The third-order valence-electron chi connectivity index (χ3n) is 3.59. The third-order valence-corrected chi connectivity index (χ3v) is 4.48. The predicted molar refractivity (Wildman–Crippen MR) is 86.8 cm³/mol. The first-order valence-electron chi connectivity index (χ1n) is 6.85. The van der Waals surface area contributed by atoms with Crippen LogP contribution in [0.5, 0.6) is 0 Å². The lowest BCUT2D eigenvalue weighted by Crippen LogP contribution is -2.35. The fraction of sp³-hybridized carbons (Fsp3) is 0.294. The minimum Gasteiger partial charge on any atom is -0.375 e. The van der Waals surface area contributed by atoms with Crippen LogP contribution in [0.1, 0.15) is 17.2 Å². The SMILES string of the molecule is CNC(Cc1cccc(F)c1Br)C(OC)c1ccccc1. The van der Waals surface area contributed by atoms with Crippen molar-refractivity contribution in [2.75, 3.05) is 14.2 Å². The van der Waals surface area contributed by atoms with Crippen molar-refractivity contribution in [3.8, 4) is 0 Å². The van der Waals surface area contributed by atoms with Crippen LogP contribution in [-0.4, -0.2) is 20.2 Å². The van der Waals surface area contributed by atoms with Gasteiger partial charge in [0.1, 0.15) is 5.82 Å². The Morgan fingerprint density at radius 3 is 2.48 bits per heavy atom. The molecule has 0 radical (unpaired) electrons. The van der Waals surface area contributed by atoms with E-state index < -0.39 is 0 Å². The first-order valence-corrected chi connectivity index (χ1v) is 7.64. The van der Waals surface area contributed by atoms with Gasteiger partial charge >= 0.3 is 0 Å². The number of halogens is 2. The molecule has 0 fully saturated rings. The summed E-state index contributed by atoms with van der Waals surface area (Å²) in [6.45, 7) is 0. The second-order valence-corrected chi connectivity index (χ2v) is 5.67. The molecule has 4 heteroatoms. The molecule has 0 saturated heterocycles. The molecule has 112 valence electrons. The fourth-order valence-corrected chi connectivity index (χ4v) is 2.91. The van der Waals surface area contributed by atoms with Gasteiger partial charge in [0.2, 0.25) is 0 Å². The van der Waals surface area contributed by atoms with Crippen molar-refractivity contribution in [2.24, 2.45) is 0 Å². The fourth-order valence-electron chi connectivity index (χ4n) is 2.48. The van der Waals surface area contributed by atoms with Gasteiger partial charge in [0, 0.05) is 13.2 Å². The van der Waals surface area contributed by atoms with Crippen LogP contribution in [0.15, 0.2) is 53.0 Å². The molecule has 21 heavy (non-hydrogen) atoms. The van der Waals surface area contributed by atoms with E-state index in [1.807, 2.05) is 43.4 Å². The largest absolute Gasteiger partial charge is 0.375 e. The number of likely N-dealkylation sites (N-methyl/N-ethyl adjacent to an activating group) is 1. The van der Waals surface area contributed by atoms with Gasteiger partial charge in [-0.1, -0.05) is 42.5 Å². The summed E-state index contributed by atoms with van der Waals surface area (Å²) in [4.78, 5) is 0. The molecular formula is C17H19BrFNO. The second kappa shape index (κ2) is 7.69. The molecule has 0 aliphatic rings. The zero-order chi connectivity index (χ0) is 15.2. The number of nitrogens with one attached hydrogen (secondary N) is 1. The van der Waals surface area contributed by atoms with Gasteiger partial charge in [-0.25, -0.2) is 4.39 Å². The molecule has 2 aromatic rings. The van der Waals surface area contributed by atoms with Gasteiger partial charge in [0.05, 0.1) is 10.6 Å². The van der Waals surface area contributed by atoms with Gasteiger partial charge in [-0.15, -0.1) is 0 Å². The maximum atomic E-state index is 13.6. The van der Waals surface area contributed by atoms with E-state index in [1.54, 1.807) is 13.2 Å². The van der Waals surface area contributed by atoms with Crippen LogP contribution < -0.4 is 5.32 Å². The Morgan fingerprint density at radius 2 is 1.86 bits per heavy atom. The molecule has 0 heterocycles. The van der Waals surface area contributed by atoms with Crippen molar-refractivity contribution >= 4 is 15.9 Å². The van der Waals surface area contributed by atoms with Crippen molar-refractivity contribution in [3.05, 3.63) is 69.9 Å².